The second-order valence-electron chi connectivity index (χ2n) is 5.50. The van der Waals surface area contributed by atoms with Crippen LogP contribution < -0.4 is 14.8 Å². The highest BCUT2D eigenvalue weighted by molar-refractivity contribution is 5.44. The summed E-state index contributed by atoms with van der Waals surface area (Å²) < 4.78 is 10.8. The molecule has 20 heavy (non-hydrogen) atoms. The number of rotatable bonds is 5. The van der Waals surface area contributed by atoms with Crippen molar-refractivity contribution in [3.63, 3.8) is 0 Å². The Hall–Kier alpha value is -1.26. The van der Waals surface area contributed by atoms with Crippen LogP contribution in [0.2, 0.25) is 0 Å². The van der Waals surface area contributed by atoms with Gasteiger partial charge in [0.1, 0.15) is 0 Å². The molecule has 112 valence electrons. The number of benzene rings is 1. The molecule has 1 fully saturated rings. The second kappa shape index (κ2) is 6.95. The number of ether oxygens (including phenoxy) is 2. The van der Waals surface area contributed by atoms with E-state index in [1.807, 2.05) is 13.1 Å². The zero-order valence-electron chi connectivity index (χ0n) is 13.0. The van der Waals surface area contributed by atoms with Crippen LogP contribution in [0.25, 0.3) is 0 Å². The van der Waals surface area contributed by atoms with Gasteiger partial charge in [-0.3, -0.25) is 4.90 Å². The predicted molar refractivity (Wildman–Crippen MR) is 81.6 cm³/mol. The highest BCUT2D eigenvalue weighted by Crippen LogP contribution is 2.38. The average molecular weight is 278 g/mol. The SMILES string of the molecule is CNCC1CCCN(C)C1c1ccc(OC)c(OC)c1. The molecule has 0 spiro atoms. The van der Waals surface area contributed by atoms with Gasteiger partial charge >= 0.3 is 0 Å². The molecule has 0 aliphatic carbocycles. The molecule has 1 saturated heterocycles. The summed E-state index contributed by atoms with van der Waals surface area (Å²) in [5.74, 6) is 2.24. The number of methoxy groups -OCH3 is 2. The van der Waals surface area contributed by atoms with Crippen molar-refractivity contribution in [2.24, 2.45) is 5.92 Å². The van der Waals surface area contributed by atoms with Gasteiger partial charge in [-0.05, 0) is 63.6 Å². The molecule has 1 N–H and O–H groups in total. The van der Waals surface area contributed by atoms with Gasteiger partial charge in [0.2, 0.25) is 0 Å². The highest BCUT2D eigenvalue weighted by Gasteiger charge is 2.30. The third kappa shape index (κ3) is 3.07. The first kappa shape index (κ1) is 15.1. The second-order valence-corrected chi connectivity index (χ2v) is 5.50. The Morgan fingerprint density at radius 2 is 2.00 bits per heavy atom. The monoisotopic (exact) mass is 278 g/mol. The number of likely N-dealkylation sites (tertiary alicyclic amines) is 1. The summed E-state index contributed by atoms with van der Waals surface area (Å²) in [6.45, 7) is 2.20. The van der Waals surface area contributed by atoms with E-state index in [2.05, 4.69) is 29.4 Å². The van der Waals surface area contributed by atoms with E-state index in [1.165, 1.54) is 18.4 Å². The van der Waals surface area contributed by atoms with Crippen molar-refractivity contribution in [1.82, 2.24) is 10.2 Å². The van der Waals surface area contributed by atoms with Gasteiger partial charge in [0.05, 0.1) is 14.2 Å². The van der Waals surface area contributed by atoms with Gasteiger partial charge in [-0.15, -0.1) is 0 Å². The summed E-state index contributed by atoms with van der Waals surface area (Å²) in [6.07, 6.45) is 2.54. The highest BCUT2D eigenvalue weighted by atomic mass is 16.5. The van der Waals surface area contributed by atoms with Crippen LogP contribution in [-0.4, -0.2) is 46.3 Å². The molecule has 1 aliphatic rings. The third-order valence-corrected chi connectivity index (χ3v) is 4.22. The molecule has 0 aromatic heterocycles. The average Bonchev–Trinajstić information content (AvgIpc) is 2.47. The molecule has 0 radical (unpaired) electrons. The largest absolute Gasteiger partial charge is 0.493 e. The van der Waals surface area contributed by atoms with Crippen molar-refractivity contribution in [1.29, 1.82) is 0 Å². The molecule has 4 heteroatoms. The first-order chi connectivity index (χ1) is 9.71. The topological polar surface area (TPSA) is 33.7 Å². The Bertz CT molecular complexity index is 434. The van der Waals surface area contributed by atoms with Crippen molar-refractivity contribution in [3.05, 3.63) is 23.8 Å². The Morgan fingerprint density at radius 3 is 2.65 bits per heavy atom. The lowest BCUT2D eigenvalue weighted by atomic mass is 9.85. The fourth-order valence-corrected chi connectivity index (χ4v) is 3.30. The fraction of sp³-hybridized carbons (Fsp3) is 0.625. The minimum Gasteiger partial charge on any atom is -0.493 e. The lowest BCUT2D eigenvalue weighted by Crippen LogP contribution is -2.39. The van der Waals surface area contributed by atoms with E-state index in [0.29, 0.717) is 12.0 Å². The zero-order chi connectivity index (χ0) is 14.5. The number of nitrogens with one attached hydrogen (secondary N) is 1. The summed E-state index contributed by atoms with van der Waals surface area (Å²) >= 11 is 0. The molecule has 1 heterocycles. The first-order valence-electron chi connectivity index (χ1n) is 7.28. The minimum absolute atomic E-state index is 0.441. The Kier molecular flexibility index (Phi) is 5.26. The fourth-order valence-electron chi connectivity index (χ4n) is 3.30. The number of nitrogens with zero attached hydrogens (tertiary/aromatic N) is 1. The molecular weight excluding hydrogens is 252 g/mol. The molecule has 0 saturated carbocycles. The van der Waals surface area contributed by atoms with E-state index >= 15 is 0 Å². The van der Waals surface area contributed by atoms with Crippen LogP contribution in [0.3, 0.4) is 0 Å². The van der Waals surface area contributed by atoms with Crippen molar-refractivity contribution >= 4 is 0 Å². The summed E-state index contributed by atoms with van der Waals surface area (Å²) in [4.78, 5) is 2.45. The maximum absolute atomic E-state index is 5.44. The normalized spacial score (nSPS) is 23.6. The van der Waals surface area contributed by atoms with Gasteiger partial charge in [-0.1, -0.05) is 6.07 Å². The van der Waals surface area contributed by atoms with Gasteiger partial charge in [-0.2, -0.15) is 0 Å². The van der Waals surface area contributed by atoms with Gasteiger partial charge in [0.15, 0.2) is 11.5 Å². The lowest BCUT2D eigenvalue weighted by Gasteiger charge is -2.39. The van der Waals surface area contributed by atoms with Gasteiger partial charge in [0.25, 0.3) is 0 Å². The zero-order valence-corrected chi connectivity index (χ0v) is 13.0. The van der Waals surface area contributed by atoms with Crippen molar-refractivity contribution in [3.8, 4) is 11.5 Å². The van der Waals surface area contributed by atoms with Gasteiger partial charge < -0.3 is 14.8 Å². The van der Waals surface area contributed by atoms with E-state index in [4.69, 9.17) is 9.47 Å². The molecule has 1 aromatic carbocycles. The summed E-state index contributed by atoms with van der Waals surface area (Å²) in [6, 6.07) is 6.73. The Morgan fingerprint density at radius 1 is 1.25 bits per heavy atom. The molecule has 2 rings (SSSR count). The summed E-state index contributed by atoms with van der Waals surface area (Å²) in [5.41, 5.74) is 1.31. The molecule has 2 unspecified atom stereocenters. The van der Waals surface area contributed by atoms with Crippen molar-refractivity contribution in [2.75, 3.05) is 41.4 Å². The smallest absolute Gasteiger partial charge is 0.161 e. The van der Waals surface area contributed by atoms with E-state index < -0.39 is 0 Å². The molecule has 1 aromatic rings. The quantitative estimate of drug-likeness (QED) is 0.896. The third-order valence-electron chi connectivity index (χ3n) is 4.22. The van der Waals surface area contributed by atoms with Crippen LogP contribution in [0.4, 0.5) is 0 Å². The molecule has 2 atom stereocenters. The standard InChI is InChI=1S/C16H26N2O2/c1-17-11-13-6-5-9-18(2)16(13)12-7-8-14(19-3)15(10-12)20-4/h7-8,10,13,16-17H,5-6,9,11H2,1-4H3. The van der Waals surface area contributed by atoms with E-state index in [-0.39, 0.29) is 0 Å². The van der Waals surface area contributed by atoms with E-state index in [9.17, 15) is 0 Å². The lowest BCUT2D eigenvalue weighted by molar-refractivity contribution is 0.120. The van der Waals surface area contributed by atoms with Crippen LogP contribution in [0.1, 0.15) is 24.4 Å². The van der Waals surface area contributed by atoms with E-state index in [1.54, 1.807) is 14.2 Å². The Balaban J connectivity index is 2.30. The van der Waals surface area contributed by atoms with Crippen LogP contribution in [0, 0.1) is 5.92 Å². The van der Waals surface area contributed by atoms with Gasteiger partial charge in [-0.25, -0.2) is 0 Å². The maximum atomic E-state index is 5.44. The van der Waals surface area contributed by atoms with Crippen molar-refractivity contribution in [2.45, 2.75) is 18.9 Å². The maximum Gasteiger partial charge on any atom is 0.161 e. The Labute approximate surface area is 122 Å². The number of piperidine rings is 1. The predicted octanol–water partition coefficient (Wildman–Crippen LogP) is 2.31. The van der Waals surface area contributed by atoms with Crippen LogP contribution in [0.5, 0.6) is 11.5 Å². The van der Waals surface area contributed by atoms with Crippen molar-refractivity contribution < 1.29 is 9.47 Å². The van der Waals surface area contributed by atoms with Gasteiger partial charge in [0, 0.05) is 6.04 Å². The number of hydrogen-bond donors (Lipinski definition) is 1. The van der Waals surface area contributed by atoms with E-state index in [0.717, 1.165) is 24.6 Å². The van der Waals surface area contributed by atoms with Crippen LogP contribution in [0.15, 0.2) is 18.2 Å². The molecule has 1 aliphatic heterocycles. The molecule has 0 bridgehead atoms. The minimum atomic E-state index is 0.441. The first-order valence-corrected chi connectivity index (χ1v) is 7.28. The van der Waals surface area contributed by atoms with Crippen LogP contribution >= 0.6 is 0 Å². The van der Waals surface area contributed by atoms with Crippen LogP contribution in [-0.2, 0) is 0 Å². The number of hydrogen-bond acceptors (Lipinski definition) is 4. The molecule has 4 nitrogen and oxygen atoms in total. The summed E-state index contributed by atoms with van der Waals surface area (Å²) in [7, 11) is 7.61. The summed E-state index contributed by atoms with van der Waals surface area (Å²) in [5, 5.41) is 3.33. The molecule has 0 amide bonds. The molecular formula is C16H26N2O2.